The molecule has 0 bridgehead atoms. The first kappa shape index (κ1) is 12.1. The molecule has 5 nitrogen and oxygen atoms in total. The molecular weight excluding hydrogens is 220 g/mol. The molecule has 0 radical (unpaired) electrons. The van der Waals surface area contributed by atoms with Crippen molar-refractivity contribution in [3.8, 4) is 0 Å². The summed E-state index contributed by atoms with van der Waals surface area (Å²) in [7, 11) is -4.35. The first-order valence-electron chi connectivity index (χ1n) is 4.31. The maximum absolute atomic E-state index is 10.1. The Morgan fingerprint density at radius 1 is 1.13 bits per heavy atom. The van der Waals surface area contributed by atoms with Gasteiger partial charge in [0.25, 0.3) is 0 Å². The molecule has 0 saturated heterocycles. The minimum atomic E-state index is -4.35. The lowest BCUT2D eigenvalue weighted by Gasteiger charge is -2.03. The minimum absolute atomic E-state index is 0.106. The second kappa shape index (κ2) is 5.82. The van der Waals surface area contributed by atoms with Crippen LogP contribution in [0.25, 0.3) is 0 Å². The molecule has 0 aliphatic carbocycles. The van der Waals surface area contributed by atoms with E-state index in [-0.39, 0.29) is 13.2 Å². The summed E-state index contributed by atoms with van der Waals surface area (Å²) < 4.78 is 37.7. The molecule has 0 aliphatic heterocycles. The number of benzene rings is 1. The van der Waals surface area contributed by atoms with Gasteiger partial charge in [-0.05, 0) is 5.56 Å². The largest absolute Gasteiger partial charge is 0.397 e. The monoisotopic (exact) mass is 232 g/mol. The lowest BCUT2D eigenvalue weighted by atomic mass is 10.2. The van der Waals surface area contributed by atoms with Gasteiger partial charge >= 0.3 is 10.4 Å². The Morgan fingerprint density at radius 3 is 2.40 bits per heavy atom. The maximum atomic E-state index is 10.1. The molecule has 0 aromatic heterocycles. The zero-order valence-corrected chi connectivity index (χ0v) is 8.81. The average molecular weight is 232 g/mol. The number of ether oxygens (including phenoxy) is 1. The molecule has 0 spiro atoms. The van der Waals surface area contributed by atoms with Crippen molar-refractivity contribution >= 4 is 10.4 Å². The second-order valence-corrected chi connectivity index (χ2v) is 3.88. The number of hydrogen-bond acceptors (Lipinski definition) is 4. The quantitative estimate of drug-likeness (QED) is 0.585. The predicted octanol–water partition coefficient (Wildman–Crippen LogP) is 1.02. The Labute approximate surface area is 88.6 Å². The lowest BCUT2D eigenvalue weighted by molar-refractivity contribution is 0.0866. The van der Waals surface area contributed by atoms with Gasteiger partial charge in [0.2, 0.25) is 0 Å². The molecular formula is C9H12O5S. The maximum Gasteiger partial charge on any atom is 0.397 e. The Balaban J connectivity index is 2.13. The third-order valence-electron chi connectivity index (χ3n) is 1.57. The van der Waals surface area contributed by atoms with Crippen LogP contribution < -0.4 is 0 Å². The summed E-state index contributed by atoms with van der Waals surface area (Å²) in [5.41, 5.74) is 0.990. The second-order valence-electron chi connectivity index (χ2n) is 2.79. The van der Waals surface area contributed by atoms with Crippen LogP contribution in [0, 0.1) is 0 Å². The van der Waals surface area contributed by atoms with Gasteiger partial charge in [0.15, 0.2) is 0 Å². The molecule has 84 valence electrons. The topological polar surface area (TPSA) is 72.8 Å². The molecule has 15 heavy (non-hydrogen) atoms. The van der Waals surface area contributed by atoms with Crippen molar-refractivity contribution in [1.29, 1.82) is 0 Å². The molecule has 0 atom stereocenters. The van der Waals surface area contributed by atoms with Gasteiger partial charge in [0.05, 0.1) is 19.8 Å². The van der Waals surface area contributed by atoms with E-state index in [1.807, 2.05) is 30.3 Å². The van der Waals surface area contributed by atoms with E-state index in [1.54, 1.807) is 0 Å². The Kier molecular flexibility index (Phi) is 4.70. The molecule has 6 heteroatoms. The summed E-state index contributed by atoms with van der Waals surface area (Å²) in [5, 5.41) is 0. The van der Waals surface area contributed by atoms with Crippen molar-refractivity contribution in [3.63, 3.8) is 0 Å². The van der Waals surface area contributed by atoms with Crippen molar-refractivity contribution in [3.05, 3.63) is 35.9 Å². The lowest BCUT2D eigenvalue weighted by Crippen LogP contribution is -2.09. The van der Waals surface area contributed by atoms with Crippen molar-refractivity contribution in [2.24, 2.45) is 0 Å². The SMILES string of the molecule is O=S(=O)(O)OCCOCc1ccccc1. The van der Waals surface area contributed by atoms with Gasteiger partial charge in [-0.15, -0.1) is 0 Å². The third kappa shape index (κ3) is 6.19. The zero-order valence-electron chi connectivity index (χ0n) is 8.00. The smallest absolute Gasteiger partial charge is 0.374 e. The Morgan fingerprint density at radius 2 is 1.80 bits per heavy atom. The molecule has 1 N–H and O–H groups in total. The predicted molar refractivity (Wildman–Crippen MR) is 53.6 cm³/mol. The zero-order chi connectivity index (χ0) is 11.1. The van der Waals surface area contributed by atoms with Crippen LogP contribution in [0.2, 0.25) is 0 Å². The van der Waals surface area contributed by atoms with Crippen molar-refractivity contribution < 1.29 is 21.9 Å². The summed E-state index contributed by atoms with van der Waals surface area (Å²) >= 11 is 0. The number of hydrogen-bond donors (Lipinski definition) is 1. The highest BCUT2D eigenvalue weighted by atomic mass is 32.3. The highest BCUT2D eigenvalue weighted by molar-refractivity contribution is 7.80. The van der Waals surface area contributed by atoms with E-state index in [0.717, 1.165) is 5.56 Å². The Bertz CT molecular complexity index is 373. The van der Waals surface area contributed by atoms with E-state index >= 15 is 0 Å². The molecule has 0 saturated carbocycles. The first-order valence-corrected chi connectivity index (χ1v) is 5.68. The van der Waals surface area contributed by atoms with E-state index in [9.17, 15) is 8.42 Å². The summed E-state index contributed by atoms with van der Waals surface area (Å²) in [6.45, 7) is 0.302. The van der Waals surface area contributed by atoms with E-state index in [4.69, 9.17) is 9.29 Å². The third-order valence-corrected chi connectivity index (χ3v) is 2.04. The van der Waals surface area contributed by atoms with E-state index in [2.05, 4.69) is 4.18 Å². The highest BCUT2D eigenvalue weighted by Crippen LogP contribution is 2.00. The van der Waals surface area contributed by atoms with E-state index < -0.39 is 10.4 Å². The van der Waals surface area contributed by atoms with Gasteiger partial charge in [0, 0.05) is 0 Å². The fourth-order valence-electron chi connectivity index (χ4n) is 0.963. The van der Waals surface area contributed by atoms with Crippen LogP contribution in [0.5, 0.6) is 0 Å². The molecule has 1 aromatic carbocycles. The van der Waals surface area contributed by atoms with E-state index in [1.165, 1.54) is 0 Å². The van der Waals surface area contributed by atoms with Gasteiger partial charge in [-0.2, -0.15) is 8.42 Å². The van der Waals surface area contributed by atoms with Crippen LogP contribution >= 0.6 is 0 Å². The molecule has 1 aromatic rings. The van der Waals surface area contributed by atoms with Crippen molar-refractivity contribution in [2.45, 2.75) is 6.61 Å². The van der Waals surface area contributed by atoms with Crippen LogP contribution in [-0.4, -0.2) is 26.2 Å². The van der Waals surface area contributed by atoms with E-state index in [0.29, 0.717) is 6.61 Å². The molecule has 1 rings (SSSR count). The standard InChI is InChI=1S/C9H12O5S/c10-15(11,12)14-7-6-13-8-9-4-2-1-3-5-9/h1-5H,6-8H2,(H,10,11,12). The molecule has 0 fully saturated rings. The normalized spacial score (nSPS) is 11.5. The summed E-state index contributed by atoms with van der Waals surface area (Å²) in [4.78, 5) is 0. The van der Waals surface area contributed by atoms with Crippen LogP contribution in [0.4, 0.5) is 0 Å². The highest BCUT2D eigenvalue weighted by Gasteiger charge is 2.02. The minimum Gasteiger partial charge on any atom is -0.374 e. The average Bonchev–Trinajstić information content (AvgIpc) is 2.17. The van der Waals surface area contributed by atoms with Gasteiger partial charge in [-0.1, -0.05) is 30.3 Å². The summed E-state index contributed by atoms with van der Waals surface area (Å²) in [6.07, 6.45) is 0. The van der Waals surface area contributed by atoms with Gasteiger partial charge < -0.3 is 4.74 Å². The molecule has 0 unspecified atom stereocenters. The molecule has 0 amide bonds. The fraction of sp³-hybridized carbons (Fsp3) is 0.333. The van der Waals surface area contributed by atoms with Crippen molar-refractivity contribution in [2.75, 3.05) is 13.2 Å². The number of rotatable bonds is 6. The Hall–Kier alpha value is -0.950. The van der Waals surface area contributed by atoms with Crippen LogP contribution in [0.3, 0.4) is 0 Å². The molecule has 0 aliphatic rings. The van der Waals surface area contributed by atoms with Crippen LogP contribution in [0.1, 0.15) is 5.56 Å². The molecule has 0 heterocycles. The van der Waals surface area contributed by atoms with Crippen LogP contribution in [-0.2, 0) is 25.9 Å². The van der Waals surface area contributed by atoms with Crippen LogP contribution in [0.15, 0.2) is 30.3 Å². The fourth-order valence-corrected chi connectivity index (χ4v) is 1.24. The van der Waals surface area contributed by atoms with Crippen molar-refractivity contribution in [1.82, 2.24) is 0 Å². The summed E-state index contributed by atoms with van der Waals surface area (Å²) in [5.74, 6) is 0. The summed E-state index contributed by atoms with van der Waals surface area (Å²) in [6, 6.07) is 9.44. The van der Waals surface area contributed by atoms with Gasteiger partial charge in [-0.3, -0.25) is 4.55 Å². The van der Waals surface area contributed by atoms with Gasteiger partial charge in [0.1, 0.15) is 0 Å². The van der Waals surface area contributed by atoms with Gasteiger partial charge in [-0.25, -0.2) is 4.18 Å². The first-order chi connectivity index (χ1) is 7.08.